The second-order valence-electron chi connectivity index (χ2n) is 3.06. The first-order chi connectivity index (χ1) is 5.77. The highest BCUT2D eigenvalue weighted by molar-refractivity contribution is 14.1. The van der Waals surface area contributed by atoms with Gasteiger partial charge in [0, 0.05) is 7.11 Å². The normalized spacial score (nSPS) is 30.9. The summed E-state index contributed by atoms with van der Waals surface area (Å²) in [4.78, 5) is 0. The summed E-state index contributed by atoms with van der Waals surface area (Å²) in [6, 6.07) is 0. The summed E-state index contributed by atoms with van der Waals surface area (Å²) in [7, 11) is 1.69. The second-order valence-corrected chi connectivity index (χ2v) is 3.94. The summed E-state index contributed by atoms with van der Waals surface area (Å²) in [6.45, 7) is 2.20. The maximum Gasteiger partial charge on any atom is 0.166 e. The molecule has 3 atom stereocenters. The first-order valence-electron chi connectivity index (χ1n) is 4.18. The highest BCUT2D eigenvalue weighted by atomic mass is 127. The topological polar surface area (TPSA) is 18.5 Å². The third kappa shape index (κ3) is 2.71. The van der Waals surface area contributed by atoms with Gasteiger partial charge in [-0.3, -0.25) is 0 Å². The first-order valence-corrected chi connectivity index (χ1v) is 5.71. The number of halogens is 1. The van der Waals surface area contributed by atoms with E-state index < -0.39 is 0 Å². The lowest BCUT2D eigenvalue weighted by Crippen LogP contribution is -2.26. The van der Waals surface area contributed by atoms with Gasteiger partial charge in [0.1, 0.15) is 0 Å². The predicted molar refractivity (Wildman–Crippen MR) is 57.5 cm³/mol. The molecule has 0 spiro atoms. The van der Waals surface area contributed by atoms with Gasteiger partial charge in [-0.05, 0) is 12.3 Å². The number of methoxy groups -OCH3 is 1. The summed E-state index contributed by atoms with van der Waals surface area (Å²) >= 11 is 2.27. The van der Waals surface area contributed by atoms with Gasteiger partial charge in [-0.15, -0.1) is 0 Å². The highest BCUT2D eigenvalue weighted by Gasteiger charge is 2.21. The molecule has 0 heterocycles. The van der Waals surface area contributed by atoms with Crippen molar-refractivity contribution in [3.8, 4) is 0 Å². The zero-order chi connectivity index (χ0) is 8.97. The summed E-state index contributed by atoms with van der Waals surface area (Å²) in [5.41, 5.74) is 0. The summed E-state index contributed by atoms with van der Waals surface area (Å²) < 4.78 is 11.7. The first kappa shape index (κ1) is 10.5. The van der Waals surface area contributed by atoms with Gasteiger partial charge in [-0.25, -0.2) is 0 Å². The fourth-order valence-corrected chi connectivity index (χ4v) is 1.83. The van der Waals surface area contributed by atoms with Gasteiger partial charge in [0.05, 0.1) is 10.5 Å². The molecule has 0 amide bonds. The van der Waals surface area contributed by atoms with Crippen molar-refractivity contribution in [2.75, 3.05) is 11.5 Å². The molecule has 1 rings (SSSR count). The van der Waals surface area contributed by atoms with Crippen LogP contribution in [0.5, 0.6) is 0 Å². The monoisotopic (exact) mass is 282 g/mol. The number of ether oxygens (including phenoxy) is 2. The molecule has 0 saturated carbocycles. The van der Waals surface area contributed by atoms with Crippen LogP contribution in [0.4, 0.5) is 0 Å². The predicted octanol–water partition coefficient (Wildman–Crippen LogP) is 2.38. The van der Waals surface area contributed by atoms with Gasteiger partial charge in [0.15, 0.2) is 6.29 Å². The number of alkyl halides is 1. The van der Waals surface area contributed by atoms with E-state index in [1.165, 1.54) is 0 Å². The highest BCUT2D eigenvalue weighted by Crippen LogP contribution is 2.22. The van der Waals surface area contributed by atoms with Crippen LogP contribution < -0.4 is 0 Å². The maximum atomic E-state index is 5.71. The maximum absolute atomic E-state index is 5.71. The molecule has 0 aromatic carbocycles. The van der Waals surface area contributed by atoms with Gasteiger partial charge >= 0.3 is 0 Å². The van der Waals surface area contributed by atoms with Crippen LogP contribution in [0.25, 0.3) is 0 Å². The Morgan fingerprint density at radius 2 is 2.42 bits per heavy atom. The van der Waals surface area contributed by atoms with Crippen molar-refractivity contribution in [1.29, 1.82) is 0 Å². The van der Waals surface area contributed by atoms with Crippen molar-refractivity contribution in [1.82, 2.24) is 0 Å². The van der Waals surface area contributed by atoms with E-state index in [0.29, 0.717) is 5.92 Å². The van der Waals surface area contributed by atoms with E-state index in [-0.39, 0.29) is 12.4 Å². The molecule has 0 aromatic rings. The average Bonchev–Trinajstić information content (AvgIpc) is 2.47. The molecule has 3 heteroatoms. The van der Waals surface area contributed by atoms with Crippen molar-refractivity contribution in [2.24, 2.45) is 5.92 Å². The van der Waals surface area contributed by atoms with Crippen molar-refractivity contribution in [3.05, 3.63) is 12.2 Å². The van der Waals surface area contributed by atoms with E-state index in [1.54, 1.807) is 7.11 Å². The quantitative estimate of drug-likeness (QED) is 0.341. The third-order valence-electron chi connectivity index (χ3n) is 2.09. The fourth-order valence-electron chi connectivity index (χ4n) is 1.26. The van der Waals surface area contributed by atoms with Crippen LogP contribution in [0.3, 0.4) is 0 Å². The lowest BCUT2D eigenvalue weighted by atomic mass is 10.1. The molecule has 0 fully saturated rings. The van der Waals surface area contributed by atoms with Gasteiger partial charge in [-0.2, -0.15) is 0 Å². The van der Waals surface area contributed by atoms with Gasteiger partial charge in [0.25, 0.3) is 0 Å². The zero-order valence-electron chi connectivity index (χ0n) is 7.50. The molecule has 0 bridgehead atoms. The van der Waals surface area contributed by atoms with Gasteiger partial charge < -0.3 is 9.47 Å². The van der Waals surface area contributed by atoms with Gasteiger partial charge in [-0.1, -0.05) is 41.7 Å². The van der Waals surface area contributed by atoms with Crippen molar-refractivity contribution in [3.63, 3.8) is 0 Å². The lowest BCUT2D eigenvalue weighted by molar-refractivity contribution is -0.135. The van der Waals surface area contributed by atoms with Crippen LogP contribution >= 0.6 is 22.6 Å². The fraction of sp³-hybridized carbons (Fsp3) is 0.778. The van der Waals surface area contributed by atoms with Crippen LogP contribution in [-0.2, 0) is 9.47 Å². The Balaban J connectivity index is 2.33. The molecular formula is C9H15IO2. The smallest absolute Gasteiger partial charge is 0.166 e. The van der Waals surface area contributed by atoms with Crippen molar-refractivity contribution in [2.45, 2.75) is 25.7 Å². The van der Waals surface area contributed by atoms with E-state index in [4.69, 9.17) is 9.47 Å². The van der Waals surface area contributed by atoms with Crippen molar-refractivity contribution < 1.29 is 9.47 Å². The Bertz CT molecular complexity index is 155. The molecule has 0 saturated heterocycles. The molecule has 70 valence electrons. The molecule has 0 N–H and O–H groups in total. The minimum absolute atomic E-state index is 0.0548. The number of hydrogen-bond donors (Lipinski definition) is 0. The molecule has 12 heavy (non-hydrogen) atoms. The molecule has 0 aromatic heterocycles. The Hall–Kier alpha value is 0.390. The van der Waals surface area contributed by atoms with Crippen LogP contribution in [0.2, 0.25) is 0 Å². The van der Waals surface area contributed by atoms with Crippen LogP contribution in [0.1, 0.15) is 13.3 Å². The SMILES string of the molecule is COC(CI)OC1C=CCC1C. The standard InChI is InChI=1S/C9H15IO2/c1-7-4-3-5-8(7)12-9(6-10)11-2/h3,5,7-9H,4,6H2,1-2H3. The summed E-state index contributed by atoms with van der Waals surface area (Å²) in [5, 5.41) is 0. The van der Waals surface area contributed by atoms with Crippen LogP contribution in [-0.4, -0.2) is 23.9 Å². The van der Waals surface area contributed by atoms with E-state index in [9.17, 15) is 0 Å². The Morgan fingerprint density at radius 1 is 1.67 bits per heavy atom. The summed E-state index contributed by atoms with van der Waals surface area (Å²) in [6.07, 6.45) is 5.63. The molecule has 1 aliphatic carbocycles. The molecular weight excluding hydrogens is 267 g/mol. The Kier molecular flexibility index (Phi) is 4.53. The largest absolute Gasteiger partial charge is 0.355 e. The summed E-state index contributed by atoms with van der Waals surface area (Å²) in [5.74, 6) is 0.602. The molecule has 0 aliphatic heterocycles. The zero-order valence-corrected chi connectivity index (χ0v) is 9.65. The van der Waals surface area contributed by atoms with E-state index in [1.807, 2.05) is 0 Å². The molecule has 2 nitrogen and oxygen atoms in total. The van der Waals surface area contributed by atoms with E-state index in [0.717, 1.165) is 10.8 Å². The van der Waals surface area contributed by atoms with E-state index in [2.05, 4.69) is 41.7 Å². The van der Waals surface area contributed by atoms with Crippen LogP contribution in [0.15, 0.2) is 12.2 Å². The minimum atomic E-state index is -0.0548. The molecule has 3 unspecified atom stereocenters. The second kappa shape index (κ2) is 5.19. The average molecular weight is 282 g/mol. The Labute approximate surface area is 87.5 Å². The number of hydrogen-bond acceptors (Lipinski definition) is 2. The molecule has 0 radical (unpaired) electrons. The van der Waals surface area contributed by atoms with Crippen molar-refractivity contribution >= 4 is 22.6 Å². The number of allylic oxidation sites excluding steroid dienone is 1. The van der Waals surface area contributed by atoms with Gasteiger partial charge in [0.2, 0.25) is 0 Å². The minimum Gasteiger partial charge on any atom is -0.355 e. The molecule has 1 aliphatic rings. The van der Waals surface area contributed by atoms with Crippen LogP contribution in [0, 0.1) is 5.92 Å². The third-order valence-corrected chi connectivity index (χ3v) is 2.81. The van der Waals surface area contributed by atoms with E-state index >= 15 is 0 Å². The number of rotatable bonds is 4. The Morgan fingerprint density at radius 3 is 2.83 bits per heavy atom. The lowest BCUT2D eigenvalue weighted by Gasteiger charge is -2.21.